The minimum absolute atomic E-state index is 0.780. The summed E-state index contributed by atoms with van der Waals surface area (Å²) in [7, 11) is 0. The number of ether oxygens (including phenoxy) is 1. The summed E-state index contributed by atoms with van der Waals surface area (Å²) in [6.45, 7) is 5.77. The summed E-state index contributed by atoms with van der Waals surface area (Å²) in [5.74, 6) is 0.814. The number of nitrogens with one attached hydrogen (secondary N) is 1. The number of rotatable bonds is 2. The number of fused-ring (bicyclic) bond motifs is 3. The molecule has 0 aliphatic carbocycles. The third kappa shape index (κ3) is 1.69. The summed E-state index contributed by atoms with van der Waals surface area (Å²) >= 11 is 0. The second-order valence-electron chi connectivity index (χ2n) is 5.02. The van der Waals surface area contributed by atoms with Gasteiger partial charge in [-0.25, -0.2) is 0 Å². The molecule has 2 bridgehead atoms. The first kappa shape index (κ1) is 9.13. The van der Waals surface area contributed by atoms with Crippen molar-refractivity contribution in [1.29, 1.82) is 0 Å². The molecule has 4 aliphatic rings. The van der Waals surface area contributed by atoms with Crippen LogP contribution in [0.2, 0.25) is 0 Å². The largest absolute Gasteiger partial charge is 0.381 e. The van der Waals surface area contributed by atoms with E-state index in [0.717, 1.165) is 31.2 Å². The van der Waals surface area contributed by atoms with E-state index in [4.69, 9.17) is 4.74 Å². The summed E-state index contributed by atoms with van der Waals surface area (Å²) in [5, 5.41) is 3.60. The minimum atomic E-state index is 0.780. The molecular weight excluding hydrogens is 176 g/mol. The van der Waals surface area contributed by atoms with E-state index in [1.54, 1.807) is 0 Å². The Hall–Kier alpha value is -0.120. The zero-order chi connectivity index (χ0) is 9.38. The molecule has 3 atom stereocenters. The molecule has 4 aliphatic heterocycles. The Labute approximate surface area is 85.8 Å². The summed E-state index contributed by atoms with van der Waals surface area (Å²) in [5.41, 5.74) is 0. The van der Waals surface area contributed by atoms with Gasteiger partial charge in [-0.2, -0.15) is 0 Å². The maximum absolute atomic E-state index is 5.44. The SMILES string of the molecule is C1CC(CN2CC3CCC2CN3)CO1. The van der Waals surface area contributed by atoms with Gasteiger partial charge in [0.25, 0.3) is 0 Å². The van der Waals surface area contributed by atoms with E-state index < -0.39 is 0 Å². The molecule has 4 saturated heterocycles. The molecular formula is C11H20N2O. The topological polar surface area (TPSA) is 24.5 Å². The molecule has 3 heteroatoms. The van der Waals surface area contributed by atoms with E-state index in [0.29, 0.717) is 0 Å². The number of hydrogen-bond donors (Lipinski definition) is 1. The van der Waals surface area contributed by atoms with Crippen molar-refractivity contribution in [3.05, 3.63) is 0 Å². The summed E-state index contributed by atoms with van der Waals surface area (Å²) in [6, 6.07) is 1.60. The molecule has 0 amide bonds. The van der Waals surface area contributed by atoms with E-state index in [1.165, 1.54) is 38.9 Å². The monoisotopic (exact) mass is 196 g/mol. The zero-order valence-corrected chi connectivity index (χ0v) is 8.74. The van der Waals surface area contributed by atoms with E-state index in [1.807, 2.05) is 0 Å². The van der Waals surface area contributed by atoms with Crippen molar-refractivity contribution in [2.24, 2.45) is 5.92 Å². The van der Waals surface area contributed by atoms with Gasteiger partial charge < -0.3 is 10.1 Å². The fourth-order valence-electron chi connectivity index (χ4n) is 3.08. The first-order valence-corrected chi connectivity index (χ1v) is 5.97. The van der Waals surface area contributed by atoms with Crippen molar-refractivity contribution >= 4 is 0 Å². The summed E-state index contributed by atoms with van der Waals surface area (Å²) < 4.78 is 5.44. The third-order valence-corrected chi connectivity index (χ3v) is 3.98. The molecule has 0 aromatic carbocycles. The van der Waals surface area contributed by atoms with Crippen LogP contribution >= 0.6 is 0 Å². The highest BCUT2D eigenvalue weighted by molar-refractivity contribution is 4.93. The molecule has 4 rings (SSSR count). The maximum Gasteiger partial charge on any atom is 0.0507 e. The first-order valence-electron chi connectivity index (χ1n) is 5.97. The van der Waals surface area contributed by atoms with Crippen LogP contribution in [0.1, 0.15) is 19.3 Å². The average Bonchev–Trinajstić information content (AvgIpc) is 2.72. The standard InChI is InChI=1S/C11H20N2O/c1-2-11-5-12-10(1)7-13(11)6-9-3-4-14-8-9/h9-12H,1-8H2. The van der Waals surface area contributed by atoms with Gasteiger partial charge in [0, 0.05) is 38.3 Å². The highest BCUT2D eigenvalue weighted by Gasteiger charge is 2.34. The molecule has 80 valence electrons. The molecule has 3 unspecified atom stereocenters. The number of piperidine rings is 2. The lowest BCUT2D eigenvalue weighted by Gasteiger charge is -2.46. The van der Waals surface area contributed by atoms with Crippen LogP contribution in [0.15, 0.2) is 0 Å². The normalized spacial score (nSPS) is 43.3. The quantitative estimate of drug-likeness (QED) is 0.694. The van der Waals surface area contributed by atoms with Gasteiger partial charge in [-0.3, -0.25) is 4.90 Å². The van der Waals surface area contributed by atoms with E-state index in [9.17, 15) is 0 Å². The number of nitrogens with zero attached hydrogens (tertiary/aromatic N) is 1. The second kappa shape index (κ2) is 3.80. The lowest BCUT2D eigenvalue weighted by Crippen LogP contribution is -2.61. The lowest BCUT2D eigenvalue weighted by molar-refractivity contribution is 0.0577. The molecule has 4 heterocycles. The second-order valence-corrected chi connectivity index (χ2v) is 5.02. The van der Waals surface area contributed by atoms with Crippen molar-refractivity contribution in [2.75, 3.05) is 32.8 Å². The van der Waals surface area contributed by atoms with Crippen LogP contribution in [-0.4, -0.2) is 49.8 Å². The third-order valence-electron chi connectivity index (χ3n) is 3.98. The number of hydrogen-bond acceptors (Lipinski definition) is 3. The van der Waals surface area contributed by atoms with Crippen LogP contribution in [0, 0.1) is 5.92 Å². The van der Waals surface area contributed by atoms with Crippen molar-refractivity contribution in [1.82, 2.24) is 10.2 Å². The molecule has 1 N–H and O–H groups in total. The highest BCUT2D eigenvalue weighted by atomic mass is 16.5. The van der Waals surface area contributed by atoms with Crippen molar-refractivity contribution < 1.29 is 4.74 Å². The van der Waals surface area contributed by atoms with E-state index in [2.05, 4.69) is 10.2 Å². The van der Waals surface area contributed by atoms with Crippen molar-refractivity contribution in [3.63, 3.8) is 0 Å². The van der Waals surface area contributed by atoms with Crippen LogP contribution < -0.4 is 5.32 Å². The Kier molecular flexibility index (Phi) is 2.48. The Morgan fingerprint density at radius 2 is 2.29 bits per heavy atom. The summed E-state index contributed by atoms with van der Waals surface area (Å²) in [6.07, 6.45) is 4.08. The highest BCUT2D eigenvalue weighted by Crippen LogP contribution is 2.24. The Bertz CT molecular complexity index is 195. The van der Waals surface area contributed by atoms with Gasteiger partial charge in [-0.05, 0) is 25.2 Å². The molecule has 4 fully saturated rings. The maximum atomic E-state index is 5.44. The molecule has 3 nitrogen and oxygen atoms in total. The van der Waals surface area contributed by atoms with Gasteiger partial charge >= 0.3 is 0 Å². The van der Waals surface area contributed by atoms with Crippen LogP contribution in [0.5, 0.6) is 0 Å². The zero-order valence-electron chi connectivity index (χ0n) is 8.74. The average molecular weight is 196 g/mol. The van der Waals surface area contributed by atoms with Crippen LogP contribution in [-0.2, 0) is 4.74 Å². The molecule has 0 spiro atoms. The fraction of sp³-hybridized carbons (Fsp3) is 1.00. The van der Waals surface area contributed by atoms with Crippen molar-refractivity contribution in [3.8, 4) is 0 Å². The molecule has 0 radical (unpaired) electrons. The summed E-state index contributed by atoms with van der Waals surface area (Å²) in [4.78, 5) is 2.70. The van der Waals surface area contributed by atoms with Crippen LogP contribution in [0.4, 0.5) is 0 Å². The van der Waals surface area contributed by atoms with Crippen LogP contribution in [0.3, 0.4) is 0 Å². The molecule has 0 saturated carbocycles. The smallest absolute Gasteiger partial charge is 0.0507 e. The van der Waals surface area contributed by atoms with Gasteiger partial charge in [0.1, 0.15) is 0 Å². The van der Waals surface area contributed by atoms with Gasteiger partial charge in [0.15, 0.2) is 0 Å². The van der Waals surface area contributed by atoms with Gasteiger partial charge in [-0.15, -0.1) is 0 Å². The number of piperazine rings is 1. The molecule has 14 heavy (non-hydrogen) atoms. The van der Waals surface area contributed by atoms with Gasteiger partial charge in [0.2, 0.25) is 0 Å². The Balaban J connectivity index is 1.57. The van der Waals surface area contributed by atoms with E-state index >= 15 is 0 Å². The van der Waals surface area contributed by atoms with Crippen LogP contribution in [0.25, 0.3) is 0 Å². The van der Waals surface area contributed by atoms with Crippen molar-refractivity contribution in [2.45, 2.75) is 31.3 Å². The predicted octanol–water partition coefficient (Wildman–Crippen LogP) is 0.459. The minimum Gasteiger partial charge on any atom is -0.381 e. The Morgan fingerprint density at radius 3 is 2.86 bits per heavy atom. The fourth-order valence-corrected chi connectivity index (χ4v) is 3.08. The predicted molar refractivity (Wildman–Crippen MR) is 55.3 cm³/mol. The molecule has 0 aromatic rings. The van der Waals surface area contributed by atoms with Gasteiger partial charge in [0.05, 0.1) is 6.61 Å². The lowest BCUT2D eigenvalue weighted by atomic mass is 9.92. The van der Waals surface area contributed by atoms with Gasteiger partial charge in [-0.1, -0.05) is 0 Å². The Morgan fingerprint density at radius 1 is 1.29 bits per heavy atom. The van der Waals surface area contributed by atoms with E-state index in [-0.39, 0.29) is 0 Å². The first-order chi connectivity index (χ1) is 6.92. The molecule has 0 aromatic heterocycles.